The van der Waals surface area contributed by atoms with Gasteiger partial charge in [-0.15, -0.1) is 0 Å². The Morgan fingerprint density at radius 1 is 1.28 bits per heavy atom. The lowest BCUT2D eigenvalue weighted by Crippen LogP contribution is -2.38. The topological polar surface area (TPSA) is 75.6 Å². The maximum Gasteiger partial charge on any atom is 0.387 e. The summed E-state index contributed by atoms with van der Waals surface area (Å²) in [5.41, 5.74) is 0. The lowest BCUT2D eigenvalue weighted by molar-refractivity contribution is -0.127. The quantitative estimate of drug-likeness (QED) is 0.303. The van der Waals surface area contributed by atoms with E-state index < -0.39 is 5.97 Å². The number of likely N-dealkylation sites (N-methyl/N-ethyl adjacent to an activating group) is 1. The van der Waals surface area contributed by atoms with E-state index in [4.69, 9.17) is 0 Å². The van der Waals surface area contributed by atoms with Gasteiger partial charge in [-0.3, -0.25) is 4.79 Å². The van der Waals surface area contributed by atoms with Gasteiger partial charge in [-0.05, 0) is 36.5 Å². The number of nitrogens with one attached hydrogen (secondary N) is 1. The van der Waals surface area contributed by atoms with E-state index in [2.05, 4.69) is 33.5 Å². The van der Waals surface area contributed by atoms with Crippen LogP contribution < -0.4 is 5.32 Å². The predicted octanol–water partition coefficient (Wildman–Crippen LogP) is 1.80. The fourth-order valence-corrected chi connectivity index (χ4v) is 2.94. The van der Waals surface area contributed by atoms with Gasteiger partial charge in [0.2, 0.25) is 0 Å². The molecule has 7 heteroatoms. The zero-order valence-corrected chi connectivity index (χ0v) is 16.9. The van der Waals surface area contributed by atoms with Crippen molar-refractivity contribution in [2.24, 2.45) is 5.92 Å². The molecule has 0 saturated heterocycles. The van der Waals surface area contributed by atoms with E-state index in [1.165, 1.54) is 0 Å². The van der Waals surface area contributed by atoms with Gasteiger partial charge in [0.15, 0.2) is 0 Å². The van der Waals surface area contributed by atoms with Crippen LogP contribution in [0.5, 0.6) is 0 Å². The van der Waals surface area contributed by atoms with Gasteiger partial charge in [-0.2, -0.15) is 11.8 Å². The maximum atomic E-state index is 12.3. The van der Waals surface area contributed by atoms with E-state index in [1.54, 1.807) is 11.8 Å². The van der Waals surface area contributed by atoms with Gasteiger partial charge in [0.1, 0.15) is 5.78 Å². The Morgan fingerprint density at radius 3 is 2.64 bits per heavy atom. The minimum Gasteiger partial charge on any atom is -0.442 e. The first-order valence-electron chi connectivity index (χ1n) is 8.43. The standard InChI is InChI=1S/C18H28NO4PS/c1-3-15(14-20)13-17(21)16(19-4-2)10-12-25-11-8-6-5-7-9-18(22)23-24/h15-16,19-20H,3-4,8,10-14,24H2,1-2H3. The van der Waals surface area contributed by atoms with Crippen LogP contribution in [0.4, 0.5) is 0 Å². The molecule has 0 radical (unpaired) electrons. The summed E-state index contributed by atoms with van der Waals surface area (Å²) in [6.45, 7) is 4.79. The van der Waals surface area contributed by atoms with Crippen molar-refractivity contribution >= 4 is 33.0 Å². The molecule has 25 heavy (non-hydrogen) atoms. The molecule has 2 N–H and O–H groups in total. The first kappa shape index (κ1) is 24.0. The molecule has 140 valence electrons. The third-order valence-corrected chi connectivity index (χ3v) is 4.74. The molecule has 0 amide bonds. The van der Waals surface area contributed by atoms with Crippen molar-refractivity contribution in [1.82, 2.24) is 5.32 Å². The van der Waals surface area contributed by atoms with E-state index in [0.29, 0.717) is 12.8 Å². The predicted molar refractivity (Wildman–Crippen MR) is 106 cm³/mol. The molecule has 0 aliphatic carbocycles. The van der Waals surface area contributed by atoms with Crippen LogP contribution in [0.1, 0.15) is 39.5 Å². The SMILES string of the molecule is CCNC(CCSCCC#CC#CC(=O)OP)C(=O)CC(CC)CO. The maximum absolute atomic E-state index is 12.3. The van der Waals surface area contributed by atoms with Gasteiger partial charge in [0.05, 0.1) is 15.5 Å². The summed E-state index contributed by atoms with van der Waals surface area (Å²) in [5, 5.41) is 12.5. The molecule has 3 unspecified atom stereocenters. The van der Waals surface area contributed by atoms with Gasteiger partial charge in [0.25, 0.3) is 0 Å². The Labute approximate surface area is 157 Å². The van der Waals surface area contributed by atoms with E-state index in [0.717, 1.165) is 30.9 Å². The minimum atomic E-state index is -0.626. The first-order valence-corrected chi connectivity index (χ1v) is 10.1. The third kappa shape index (κ3) is 12.9. The number of aliphatic hydroxyl groups excluding tert-OH is 1. The van der Waals surface area contributed by atoms with Crippen molar-refractivity contribution in [1.29, 1.82) is 0 Å². The van der Waals surface area contributed by atoms with Crippen LogP contribution >= 0.6 is 21.2 Å². The molecule has 0 saturated carbocycles. The van der Waals surface area contributed by atoms with Crippen molar-refractivity contribution < 1.29 is 19.2 Å². The van der Waals surface area contributed by atoms with Gasteiger partial charge in [-0.25, -0.2) is 4.79 Å². The Balaban J connectivity index is 4.08. The number of ketones is 1. The summed E-state index contributed by atoms with van der Waals surface area (Å²) in [6, 6.07) is -0.145. The van der Waals surface area contributed by atoms with Gasteiger partial charge < -0.3 is 14.9 Å². The molecule has 0 aromatic carbocycles. The van der Waals surface area contributed by atoms with Gasteiger partial charge >= 0.3 is 5.97 Å². The molecular weight excluding hydrogens is 357 g/mol. The second kappa shape index (κ2) is 16.4. The highest BCUT2D eigenvalue weighted by atomic mass is 32.2. The molecule has 0 heterocycles. The van der Waals surface area contributed by atoms with Crippen molar-refractivity contribution in [2.75, 3.05) is 24.7 Å². The highest BCUT2D eigenvalue weighted by Gasteiger charge is 2.20. The summed E-state index contributed by atoms with van der Waals surface area (Å²) >= 11 is 1.74. The average molecular weight is 385 g/mol. The Kier molecular flexibility index (Phi) is 15.7. The lowest BCUT2D eigenvalue weighted by Gasteiger charge is -2.19. The number of hydrogen-bond acceptors (Lipinski definition) is 6. The molecule has 0 aromatic rings. The summed E-state index contributed by atoms with van der Waals surface area (Å²) in [7, 11) is 1.84. The fourth-order valence-electron chi connectivity index (χ4n) is 2.03. The van der Waals surface area contributed by atoms with Crippen LogP contribution in [-0.2, 0) is 14.1 Å². The molecule has 0 aromatic heterocycles. The summed E-state index contributed by atoms with van der Waals surface area (Å²) in [4.78, 5) is 23.0. The normalized spacial score (nSPS) is 12.2. The number of carbonyl (C=O) groups is 2. The van der Waals surface area contributed by atoms with Gasteiger partial charge in [-0.1, -0.05) is 26.2 Å². The summed E-state index contributed by atoms with van der Waals surface area (Å²) in [6.07, 6.45) is 2.69. The number of hydrogen-bond donors (Lipinski definition) is 2. The van der Waals surface area contributed by atoms with E-state index in [9.17, 15) is 14.7 Å². The lowest BCUT2D eigenvalue weighted by atomic mass is 9.96. The van der Waals surface area contributed by atoms with Crippen molar-refractivity contribution in [3.8, 4) is 23.7 Å². The summed E-state index contributed by atoms with van der Waals surface area (Å²) in [5.74, 6) is 11.4. The largest absolute Gasteiger partial charge is 0.442 e. The van der Waals surface area contributed by atoms with Crippen molar-refractivity contribution in [2.45, 2.75) is 45.6 Å². The smallest absolute Gasteiger partial charge is 0.387 e. The van der Waals surface area contributed by atoms with Crippen LogP contribution in [0.25, 0.3) is 0 Å². The highest BCUT2D eigenvalue weighted by molar-refractivity contribution is 7.99. The van der Waals surface area contributed by atoms with Crippen LogP contribution in [-0.4, -0.2) is 47.6 Å². The molecule has 5 nitrogen and oxygen atoms in total. The summed E-state index contributed by atoms with van der Waals surface area (Å²) < 4.78 is 4.29. The molecular formula is C18H28NO4PS. The zero-order chi connectivity index (χ0) is 18.9. The number of aliphatic hydroxyl groups is 1. The molecule has 0 fully saturated rings. The number of Topliss-reactive ketones (excluding diaryl/α,β-unsaturated/α-hetero) is 1. The van der Waals surface area contributed by atoms with Gasteiger partial charge in [0, 0.05) is 31.1 Å². The molecule has 3 atom stereocenters. The molecule has 0 spiro atoms. The molecule has 0 aliphatic rings. The number of carbonyl (C=O) groups excluding carboxylic acids is 2. The Hall–Kier alpha value is -1.04. The van der Waals surface area contributed by atoms with E-state index >= 15 is 0 Å². The van der Waals surface area contributed by atoms with Crippen molar-refractivity contribution in [3.63, 3.8) is 0 Å². The second-order valence-electron chi connectivity index (χ2n) is 5.35. The van der Waals surface area contributed by atoms with Crippen LogP contribution in [0, 0.1) is 29.6 Å². The average Bonchev–Trinajstić information content (AvgIpc) is 2.63. The van der Waals surface area contributed by atoms with Crippen LogP contribution in [0.2, 0.25) is 0 Å². The van der Waals surface area contributed by atoms with Crippen LogP contribution in [0.3, 0.4) is 0 Å². The zero-order valence-electron chi connectivity index (χ0n) is 15.0. The Morgan fingerprint density at radius 2 is 2.04 bits per heavy atom. The highest BCUT2D eigenvalue weighted by Crippen LogP contribution is 2.13. The first-order chi connectivity index (χ1) is 12.1. The van der Waals surface area contributed by atoms with Crippen LogP contribution in [0.15, 0.2) is 0 Å². The minimum absolute atomic E-state index is 0.0567. The number of rotatable bonds is 12. The fraction of sp³-hybridized carbons (Fsp3) is 0.667. The Bertz CT molecular complexity index is 515. The van der Waals surface area contributed by atoms with Crippen molar-refractivity contribution in [3.05, 3.63) is 0 Å². The number of thioether (sulfide) groups is 1. The second-order valence-corrected chi connectivity index (χ2v) is 6.81. The molecule has 0 rings (SSSR count). The third-order valence-electron chi connectivity index (χ3n) is 3.51. The molecule has 0 bridgehead atoms. The van der Waals surface area contributed by atoms with E-state index in [-0.39, 0.29) is 24.3 Å². The molecule has 0 aliphatic heterocycles. The monoisotopic (exact) mass is 385 g/mol. The van der Waals surface area contributed by atoms with E-state index in [1.807, 2.05) is 23.3 Å².